The van der Waals surface area contributed by atoms with Crippen LogP contribution in [0, 0.1) is 27.4 Å². The van der Waals surface area contributed by atoms with Gasteiger partial charge in [0.25, 0.3) is 5.69 Å². The Hall–Kier alpha value is -1.62. The molecule has 4 saturated carbocycles. The number of carbonyl (C=O) groups is 1. The molecule has 23 heavy (non-hydrogen) atoms. The van der Waals surface area contributed by atoms with Crippen molar-refractivity contribution in [3.05, 3.63) is 34.4 Å². The summed E-state index contributed by atoms with van der Waals surface area (Å²) in [6.07, 6.45) is 5.51. The molecule has 122 valence electrons. The standard InChI is InChI=1S/C17H18ClNO4/c18-17-8-11-4-12(9-17)7-16(6-11,10-17)15(20)23-14-3-1-2-13(5-14)19(21)22/h1-3,5,11-12H,4,6-10H2/t11-,12+,16?,17?. The number of nitro benzene ring substituents is 1. The molecule has 4 bridgehead atoms. The Bertz CT molecular complexity index is 675. The van der Waals surface area contributed by atoms with Crippen molar-refractivity contribution >= 4 is 23.3 Å². The largest absolute Gasteiger partial charge is 0.426 e. The van der Waals surface area contributed by atoms with Crippen molar-refractivity contribution in [2.24, 2.45) is 17.3 Å². The molecular weight excluding hydrogens is 318 g/mol. The van der Waals surface area contributed by atoms with Gasteiger partial charge in [0.15, 0.2) is 0 Å². The average Bonchev–Trinajstić information content (AvgIpc) is 2.44. The van der Waals surface area contributed by atoms with Gasteiger partial charge in [-0.15, -0.1) is 11.6 Å². The van der Waals surface area contributed by atoms with E-state index < -0.39 is 10.3 Å². The smallest absolute Gasteiger partial charge is 0.317 e. The minimum Gasteiger partial charge on any atom is -0.426 e. The van der Waals surface area contributed by atoms with Crippen molar-refractivity contribution in [3.63, 3.8) is 0 Å². The van der Waals surface area contributed by atoms with E-state index in [9.17, 15) is 14.9 Å². The molecule has 1 aromatic rings. The van der Waals surface area contributed by atoms with Crippen LogP contribution in [0.15, 0.2) is 24.3 Å². The minimum atomic E-state index is -0.504. The van der Waals surface area contributed by atoms with Gasteiger partial charge in [-0.05, 0) is 56.4 Å². The second kappa shape index (κ2) is 4.94. The van der Waals surface area contributed by atoms with Crippen molar-refractivity contribution in [1.29, 1.82) is 0 Å². The topological polar surface area (TPSA) is 69.4 Å². The number of halogens is 1. The van der Waals surface area contributed by atoms with E-state index in [1.54, 1.807) is 6.07 Å². The fourth-order valence-corrected chi connectivity index (χ4v) is 5.96. The van der Waals surface area contributed by atoms with Crippen LogP contribution in [-0.2, 0) is 4.79 Å². The Morgan fingerprint density at radius 1 is 1.26 bits per heavy atom. The van der Waals surface area contributed by atoms with Gasteiger partial charge in [0.1, 0.15) is 5.75 Å². The predicted molar refractivity (Wildman–Crippen MR) is 84.4 cm³/mol. The second-order valence-electron chi connectivity index (χ2n) is 7.54. The highest BCUT2D eigenvalue weighted by Gasteiger charge is 2.60. The van der Waals surface area contributed by atoms with Gasteiger partial charge in [-0.25, -0.2) is 0 Å². The van der Waals surface area contributed by atoms with Crippen LogP contribution in [-0.4, -0.2) is 15.8 Å². The molecule has 0 spiro atoms. The number of non-ortho nitro benzene ring substituents is 1. The van der Waals surface area contributed by atoms with Gasteiger partial charge in [-0.3, -0.25) is 14.9 Å². The molecule has 0 saturated heterocycles. The monoisotopic (exact) mass is 335 g/mol. The molecule has 4 atom stereocenters. The zero-order valence-electron chi connectivity index (χ0n) is 12.7. The molecule has 5 nitrogen and oxygen atoms in total. The summed E-state index contributed by atoms with van der Waals surface area (Å²) < 4.78 is 5.53. The van der Waals surface area contributed by atoms with E-state index in [4.69, 9.17) is 16.3 Å². The number of carbonyl (C=O) groups excluding carboxylic acids is 1. The molecule has 0 N–H and O–H groups in total. The van der Waals surface area contributed by atoms with Crippen LogP contribution in [0.25, 0.3) is 0 Å². The molecular formula is C17H18ClNO4. The maximum absolute atomic E-state index is 12.8. The lowest BCUT2D eigenvalue weighted by Crippen LogP contribution is -2.56. The third-order valence-corrected chi connectivity index (χ3v) is 6.10. The maximum Gasteiger partial charge on any atom is 0.317 e. The SMILES string of the molecule is O=C(Oc1cccc([N+](=O)[O-])c1)C12C[C@@H]3C[C@@H](CC(Cl)(C3)C1)C2. The molecule has 4 fully saturated rings. The van der Waals surface area contributed by atoms with Gasteiger partial charge >= 0.3 is 5.97 Å². The van der Waals surface area contributed by atoms with Crippen molar-refractivity contribution in [3.8, 4) is 5.75 Å². The van der Waals surface area contributed by atoms with Crippen LogP contribution in [0.5, 0.6) is 5.75 Å². The molecule has 0 radical (unpaired) electrons. The van der Waals surface area contributed by atoms with E-state index in [-0.39, 0.29) is 22.3 Å². The summed E-state index contributed by atoms with van der Waals surface area (Å²) in [5.74, 6) is 0.985. The van der Waals surface area contributed by atoms with Gasteiger partial charge in [-0.1, -0.05) is 6.07 Å². The van der Waals surface area contributed by atoms with Crippen LogP contribution < -0.4 is 4.74 Å². The number of alkyl halides is 1. The van der Waals surface area contributed by atoms with E-state index >= 15 is 0 Å². The molecule has 4 aliphatic carbocycles. The van der Waals surface area contributed by atoms with Crippen molar-refractivity contribution in [2.45, 2.75) is 43.4 Å². The molecule has 1 aromatic carbocycles. The summed E-state index contributed by atoms with van der Waals surface area (Å²) in [4.78, 5) is 22.9. The Morgan fingerprint density at radius 3 is 2.57 bits per heavy atom. The number of esters is 1. The molecule has 0 amide bonds. The second-order valence-corrected chi connectivity index (χ2v) is 8.34. The molecule has 6 heteroatoms. The van der Waals surface area contributed by atoms with E-state index in [1.165, 1.54) is 24.6 Å². The molecule has 0 aliphatic heterocycles. The quantitative estimate of drug-likeness (QED) is 0.274. The lowest BCUT2D eigenvalue weighted by molar-refractivity contribution is -0.384. The van der Waals surface area contributed by atoms with Crippen molar-refractivity contribution in [1.82, 2.24) is 0 Å². The normalized spacial score (nSPS) is 37.6. The number of nitrogens with zero attached hydrogens (tertiary/aromatic N) is 1. The summed E-state index contributed by atoms with van der Waals surface area (Å²) in [6, 6.07) is 5.80. The number of benzene rings is 1. The lowest BCUT2D eigenvalue weighted by atomic mass is 9.49. The fourth-order valence-electron chi connectivity index (χ4n) is 5.27. The highest BCUT2D eigenvalue weighted by Crippen LogP contribution is 2.64. The predicted octanol–water partition coefficient (Wildman–Crippen LogP) is 4.08. The first-order chi connectivity index (χ1) is 10.9. The first-order valence-electron chi connectivity index (χ1n) is 8.03. The van der Waals surface area contributed by atoms with E-state index in [0.717, 1.165) is 25.7 Å². The number of rotatable bonds is 3. The van der Waals surface area contributed by atoms with Crippen LogP contribution in [0.1, 0.15) is 38.5 Å². The highest BCUT2D eigenvalue weighted by atomic mass is 35.5. The summed E-state index contributed by atoms with van der Waals surface area (Å²) in [7, 11) is 0. The van der Waals surface area contributed by atoms with E-state index in [2.05, 4.69) is 0 Å². The number of hydrogen-bond acceptors (Lipinski definition) is 4. The third-order valence-electron chi connectivity index (χ3n) is 5.66. The van der Waals surface area contributed by atoms with Crippen molar-refractivity contribution in [2.75, 3.05) is 0 Å². The van der Waals surface area contributed by atoms with E-state index in [0.29, 0.717) is 18.3 Å². The number of hydrogen-bond donors (Lipinski definition) is 0. The zero-order valence-corrected chi connectivity index (χ0v) is 13.4. The Labute approximate surface area is 139 Å². The summed E-state index contributed by atoms with van der Waals surface area (Å²) in [6.45, 7) is 0. The molecule has 5 rings (SSSR count). The third kappa shape index (κ3) is 2.51. The molecule has 2 unspecified atom stereocenters. The highest BCUT2D eigenvalue weighted by molar-refractivity contribution is 6.24. The first-order valence-corrected chi connectivity index (χ1v) is 8.41. The zero-order chi connectivity index (χ0) is 16.2. The Kier molecular flexibility index (Phi) is 3.21. The lowest BCUT2D eigenvalue weighted by Gasteiger charge is -2.58. The van der Waals surface area contributed by atoms with Crippen LogP contribution in [0.4, 0.5) is 5.69 Å². The van der Waals surface area contributed by atoms with E-state index in [1.807, 2.05) is 0 Å². The van der Waals surface area contributed by atoms with Crippen molar-refractivity contribution < 1.29 is 14.5 Å². The first kappa shape index (κ1) is 14.9. The molecule has 0 heterocycles. The van der Waals surface area contributed by atoms with Crippen LogP contribution >= 0.6 is 11.6 Å². The molecule has 4 aliphatic rings. The summed E-state index contributed by atoms with van der Waals surface area (Å²) in [5.41, 5.74) is -0.578. The minimum absolute atomic E-state index is 0.0744. The van der Waals surface area contributed by atoms with Gasteiger partial charge in [-0.2, -0.15) is 0 Å². The van der Waals surface area contributed by atoms with Crippen LogP contribution in [0.2, 0.25) is 0 Å². The van der Waals surface area contributed by atoms with Gasteiger partial charge < -0.3 is 4.74 Å². The van der Waals surface area contributed by atoms with Gasteiger partial charge in [0.05, 0.1) is 16.4 Å². The Balaban J connectivity index is 1.58. The average molecular weight is 336 g/mol. The van der Waals surface area contributed by atoms with Gasteiger partial charge in [0.2, 0.25) is 0 Å². The fraction of sp³-hybridized carbons (Fsp3) is 0.588. The summed E-state index contributed by atoms with van der Waals surface area (Å²) in [5, 5.41) is 10.9. The maximum atomic E-state index is 12.8. The molecule has 0 aromatic heterocycles. The Morgan fingerprint density at radius 2 is 1.96 bits per heavy atom. The number of ether oxygens (including phenoxy) is 1. The summed E-state index contributed by atoms with van der Waals surface area (Å²) >= 11 is 6.74. The van der Waals surface area contributed by atoms with Gasteiger partial charge in [0, 0.05) is 10.9 Å². The van der Waals surface area contributed by atoms with Crippen LogP contribution in [0.3, 0.4) is 0 Å². The number of nitro groups is 1.